The number of nitrogens with zero attached hydrogens (tertiary/aromatic N) is 3. The van der Waals surface area contributed by atoms with Gasteiger partial charge in [-0.05, 0) is 69.0 Å². The van der Waals surface area contributed by atoms with Crippen molar-refractivity contribution >= 4 is 45.1 Å². The second kappa shape index (κ2) is 12.4. The number of benzene rings is 1. The van der Waals surface area contributed by atoms with Crippen LogP contribution >= 0.6 is 11.3 Å². The molecule has 1 aliphatic carbocycles. The van der Waals surface area contributed by atoms with Crippen LogP contribution in [-0.2, 0) is 9.59 Å². The normalized spacial score (nSPS) is 25.6. The van der Waals surface area contributed by atoms with E-state index in [9.17, 15) is 14.4 Å². The summed E-state index contributed by atoms with van der Waals surface area (Å²) in [6.07, 6.45) is 8.01. The van der Waals surface area contributed by atoms with Crippen LogP contribution < -0.4 is 22.1 Å². The van der Waals surface area contributed by atoms with Gasteiger partial charge in [-0.2, -0.15) is 0 Å². The van der Waals surface area contributed by atoms with Crippen molar-refractivity contribution in [2.24, 2.45) is 28.3 Å². The topological polar surface area (TPSA) is 156 Å². The lowest BCUT2D eigenvalue weighted by Gasteiger charge is -2.43. The number of nitrogens with one attached hydrogen (secondary N) is 2. The van der Waals surface area contributed by atoms with Crippen molar-refractivity contribution in [2.45, 2.75) is 75.9 Å². The number of para-hydroxylation sites is 1. The summed E-state index contributed by atoms with van der Waals surface area (Å²) in [5.74, 6) is 0.441. The number of carbonyl (C=O) groups excluding carboxylic acids is 3. The van der Waals surface area contributed by atoms with Gasteiger partial charge in [-0.15, -0.1) is 11.3 Å². The molecule has 2 aliphatic heterocycles. The van der Waals surface area contributed by atoms with Crippen molar-refractivity contribution in [1.82, 2.24) is 20.5 Å². The molecule has 3 aliphatic rings. The van der Waals surface area contributed by atoms with E-state index in [1.807, 2.05) is 24.3 Å². The first kappa shape index (κ1) is 27.5. The van der Waals surface area contributed by atoms with Gasteiger partial charge in [-0.1, -0.05) is 31.4 Å². The molecule has 1 aromatic heterocycles. The summed E-state index contributed by atoms with van der Waals surface area (Å²) in [6, 6.07) is 6.00. The number of guanidine groups is 1. The average Bonchev–Trinajstić information content (AvgIpc) is 3.61. The van der Waals surface area contributed by atoms with Gasteiger partial charge < -0.3 is 27.0 Å². The predicted octanol–water partition coefficient (Wildman–Crippen LogP) is 2.18. The molecule has 0 radical (unpaired) electrons. The van der Waals surface area contributed by atoms with Crippen molar-refractivity contribution in [2.75, 3.05) is 19.6 Å². The van der Waals surface area contributed by atoms with Gasteiger partial charge in [0.1, 0.15) is 6.04 Å². The number of amides is 2. The molecule has 2 aromatic rings. The van der Waals surface area contributed by atoms with Crippen LogP contribution in [0.3, 0.4) is 0 Å². The number of carbonyl (C=O) groups is 3. The Balaban J connectivity index is 1.30. The molecule has 10 nitrogen and oxygen atoms in total. The Kier molecular flexibility index (Phi) is 8.76. The molecule has 11 heteroatoms. The number of nitrogens with two attached hydrogens (primary N) is 2. The Labute approximate surface area is 233 Å². The molecule has 1 saturated carbocycles. The number of hydrogen-bond acceptors (Lipinski definition) is 7. The fourth-order valence-electron chi connectivity index (χ4n) is 6.53. The van der Waals surface area contributed by atoms with Gasteiger partial charge in [0.05, 0.1) is 22.3 Å². The first-order valence-electron chi connectivity index (χ1n) is 14.2. The van der Waals surface area contributed by atoms with Crippen LogP contribution in [0.25, 0.3) is 10.2 Å². The highest BCUT2D eigenvalue weighted by Crippen LogP contribution is 2.38. The molecule has 3 heterocycles. The van der Waals surface area contributed by atoms with E-state index in [-0.39, 0.29) is 29.6 Å². The number of likely N-dealkylation sites (tertiary alicyclic amines) is 1. The lowest BCUT2D eigenvalue weighted by Crippen LogP contribution is -2.59. The number of fused-ring (bicyclic) bond motifs is 2. The summed E-state index contributed by atoms with van der Waals surface area (Å²) in [7, 11) is 0. The number of thiazole rings is 1. The molecule has 5 atom stereocenters. The van der Waals surface area contributed by atoms with Crippen LogP contribution in [0, 0.1) is 11.8 Å². The van der Waals surface area contributed by atoms with Gasteiger partial charge in [0.2, 0.25) is 17.6 Å². The number of aromatic nitrogens is 1. The number of Topliss-reactive ketones (excluding diaryl/α,β-unsaturated/α-hetero) is 1. The molecule has 5 rings (SSSR count). The Bertz CT molecular complexity index is 1190. The van der Waals surface area contributed by atoms with E-state index in [1.54, 1.807) is 4.90 Å². The van der Waals surface area contributed by atoms with E-state index >= 15 is 0 Å². The molecular formula is C28H39N7O3S. The van der Waals surface area contributed by atoms with Gasteiger partial charge in [0, 0.05) is 13.1 Å². The molecule has 1 aromatic carbocycles. The highest BCUT2D eigenvalue weighted by molar-refractivity contribution is 7.20. The second-order valence-corrected chi connectivity index (χ2v) is 12.0. The summed E-state index contributed by atoms with van der Waals surface area (Å²) in [6.45, 7) is 1.76. The van der Waals surface area contributed by atoms with Crippen molar-refractivity contribution in [1.29, 1.82) is 0 Å². The van der Waals surface area contributed by atoms with E-state index in [1.165, 1.54) is 24.2 Å². The van der Waals surface area contributed by atoms with Crippen molar-refractivity contribution < 1.29 is 14.4 Å². The smallest absolute Gasteiger partial charge is 0.243 e. The van der Waals surface area contributed by atoms with Crippen LogP contribution in [0.4, 0.5) is 0 Å². The number of ketones is 1. The summed E-state index contributed by atoms with van der Waals surface area (Å²) in [4.78, 5) is 51.2. The van der Waals surface area contributed by atoms with Gasteiger partial charge in [-0.3, -0.25) is 19.4 Å². The van der Waals surface area contributed by atoms with E-state index in [0.29, 0.717) is 49.2 Å². The molecule has 2 amide bonds. The second-order valence-electron chi connectivity index (χ2n) is 11.0. The third-order valence-electron chi connectivity index (χ3n) is 8.46. The van der Waals surface area contributed by atoms with E-state index < -0.39 is 12.1 Å². The van der Waals surface area contributed by atoms with Crippen LogP contribution in [0.1, 0.15) is 67.6 Å². The maximum Gasteiger partial charge on any atom is 0.243 e. The molecule has 210 valence electrons. The van der Waals surface area contributed by atoms with Crippen LogP contribution in [0.15, 0.2) is 29.3 Å². The Hall–Kier alpha value is -3.05. The molecule has 39 heavy (non-hydrogen) atoms. The summed E-state index contributed by atoms with van der Waals surface area (Å²) >= 11 is 1.32. The number of rotatable bonds is 9. The molecule has 2 saturated heterocycles. The number of hydrogen-bond donors (Lipinski definition) is 4. The zero-order valence-corrected chi connectivity index (χ0v) is 23.1. The lowest BCUT2D eigenvalue weighted by molar-refractivity contribution is -0.142. The summed E-state index contributed by atoms with van der Waals surface area (Å²) < 4.78 is 0.917. The van der Waals surface area contributed by atoms with Crippen LogP contribution in [-0.4, -0.2) is 71.2 Å². The maximum absolute atomic E-state index is 13.8. The molecule has 6 N–H and O–H groups in total. The first-order valence-corrected chi connectivity index (χ1v) is 15.0. The zero-order valence-electron chi connectivity index (χ0n) is 22.3. The quantitative estimate of drug-likeness (QED) is 0.160. The monoisotopic (exact) mass is 553 g/mol. The molecule has 0 bridgehead atoms. The third-order valence-corrected chi connectivity index (χ3v) is 9.51. The summed E-state index contributed by atoms with van der Waals surface area (Å²) in [5, 5.41) is 6.82. The van der Waals surface area contributed by atoms with Crippen molar-refractivity contribution in [3.05, 3.63) is 29.3 Å². The van der Waals surface area contributed by atoms with Gasteiger partial charge in [-0.25, -0.2) is 4.98 Å². The standard InChI is InChI=1S/C28H39N7O3S/c29-28(30)32-14-5-10-20(24(36)26-34-19-9-3-4-12-22(19)39-26)33-25(37)21-11-6-16-35(21)27(38)23-18-8-2-1-7-17(18)13-15-31-23/h3-4,9,12,17-18,20-21,23,31H,1-2,5-8,10-11,13-16H2,(H,33,37)(H4,29,30,32)/t17-,18-,20+,21+,23-/m1/s1. The molecule has 0 spiro atoms. The Morgan fingerprint density at radius 3 is 2.77 bits per heavy atom. The van der Waals surface area contributed by atoms with E-state index in [4.69, 9.17) is 11.5 Å². The minimum Gasteiger partial charge on any atom is -0.370 e. The Morgan fingerprint density at radius 1 is 1.13 bits per heavy atom. The highest BCUT2D eigenvalue weighted by Gasteiger charge is 2.44. The third kappa shape index (κ3) is 6.24. The number of piperidine rings is 1. The molecule has 3 fully saturated rings. The maximum atomic E-state index is 13.8. The fraction of sp³-hybridized carbons (Fsp3) is 0.607. The minimum atomic E-state index is -0.777. The van der Waals surface area contributed by atoms with Crippen molar-refractivity contribution in [3.63, 3.8) is 0 Å². The van der Waals surface area contributed by atoms with E-state index in [2.05, 4.69) is 20.6 Å². The van der Waals surface area contributed by atoms with Crippen molar-refractivity contribution in [3.8, 4) is 0 Å². The molecule has 0 unspecified atom stereocenters. The number of aliphatic imine (C=N–C) groups is 1. The zero-order chi connectivity index (χ0) is 27.4. The SMILES string of the molecule is NC(N)=NCCC[C@H](NC(=O)[C@@H]1CCCN1C(=O)[C@@H]1NCC[C@H]2CCCC[C@H]21)C(=O)c1nc2ccccc2s1. The average molecular weight is 554 g/mol. The van der Waals surface area contributed by atoms with E-state index in [0.717, 1.165) is 42.4 Å². The first-order chi connectivity index (χ1) is 18.9. The largest absolute Gasteiger partial charge is 0.370 e. The summed E-state index contributed by atoms with van der Waals surface area (Å²) in [5.41, 5.74) is 11.7. The van der Waals surface area contributed by atoms with Gasteiger partial charge in [0.25, 0.3) is 0 Å². The van der Waals surface area contributed by atoms with Crippen LogP contribution in [0.5, 0.6) is 0 Å². The minimum absolute atomic E-state index is 0.00952. The van der Waals surface area contributed by atoms with Crippen LogP contribution in [0.2, 0.25) is 0 Å². The predicted molar refractivity (Wildman–Crippen MR) is 152 cm³/mol. The fourth-order valence-corrected chi connectivity index (χ4v) is 7.49. The van der Waals surface area contributed by atoms with Gasteiger partial charge in [0.15, 0.2) is 11.0 Å². The highest BCUT2D eigenvalue weighted by atomic mass is 32.1. The lowest BCUT2D eigenvalue weighted by atomic mass is 9.71. The Morgan fingerprint density at radius 2 is 1.95 bits per heavy atom. The van der Waals surface area contributed by atoms with Gasteiger partial charge >= 0.3 is 0 Å². The molecular weight excluding hydrogens is 514 g/mol.